The van der Waals surface area contributed by atoms with E-state index in [1.165, 1.54) is 24.1 Å². The molecule has 0 saturated carbocycles. The van der Waals surface area contributed by atoms with Crippen molar-refractivity contribution < 1.29 is 0 Å². The van der Waals surface area contributed by atoms with Crippen molar-refractivity contribution >= 4 is 11.3 Å². The van der Waals surface area contributed by atoms with Crippen LogP contribution < -0.4 is 5.32 Å². The summed E-state index contributed by atoms with van der Waals surface area (Å²) in [7, 11) is 0. The number of hydrogen-bond donors (Lipinski definition) is 1. The lowest BCUT2D eigenvalue weighted by Gasteiger charge is -2.25. The second-order valence-corrected chi connectivity index (χ2v) is 6.28. The molecule has 0 fully saturated rings. The zero-order valence-electron chi connectivity index (χ0n) is 10.9. The SMILES string of the molecule is CC(C)C(NCC1CC=CCC1)c1cccs1. The minimum Gasteiger partial charge on any atom is -0.309 e. The van der Waals surface area contributed by atoms with Crippen LogP contribution in [0.5, 0.6) is 0 Å². The Hall–Kier alpha value is -0.600. The summed E-state index contributed by atoms with van der Waals surface area (Å²) in [6, 6.07) is 4.93. The Morgan fingerprint density at radius 1 is 1.41 bits per heavy atom. The molecule has 1 aromatic rings. The molecule has 0 spiro atoms. The Balaban J connectivity index is 1.88. The molecule has 17 heavy (non-hydrogen) atoms. The molecule has 1 nitrogen and oxygen atoms in total. The minimum absolute atomic E-state index is 0.529. The third-order valence-electron chi connectivity index (χ3n) is 3.52. The summed E-state index contributed by atoms with van der Waals surface area (Å²) in [5.74, 6) is 1.49. The van der Waals surface area contributed by atoms with Gasteiger partial charge in [-0.25, -0.2) is 0 Å². The number of rotatable bonds is 5. The first kappa shape index (κ1) is 12.8. The smallest absolute Gasteiger partial charge is 0.0438 e. The van der Waals surface area contributed by atoms with E-state index in [0.29, 0.717) is 12.0 Å². The van der Waals surface area contributed by atoms with Crippen LogP contribution in [0.25, 0.3) is 0 Å². The van der Waals surface area contributed by atoms with Gasteiger partial charge in [0.05, 0.1) is 0 Å². The second kappa shape index (κ2) is 6.36. The predicted molar refractivity (Wildman–Crippen MR) is 76.4 cm³/mol. The lowest BCUT2D eigenvalue weighted by molar-refractivity contribution is 0.359. The molecule has 1 aliphatic rings. The van der Waals surface area contributed by atoms with Crippen molar-refractivity contribution in [3.05, 3.63) is 34.5 Å². The van der Waals surface area contributed by atoms with Crippen LogP contribution in [0, 0.1) is 11.8 Å². The first-order chi connectivity index (χ1) is 8.27. The van der Waals surface area contributed by atoms with Gasteiger partial charge >= 0.3 is 0 Å². The van der Waals surface area contributed by atoms with E-state index in [1.807, 2.05) is 11.3 Å². The van der Waals surface area contributed by atoms with Crippen molar-refractivity contribution in [3.63, 3.8) is 0 Å². The molecular formula is C15H23NS. The fourth-order valence-corrected chi connectivity index (χ4v) is 3.44. The molecular weight excluding hydrogens is 226 g/mol. The molecule has 0 saturated heterocycles. The van der Waals surface area contributed by atoms with Gasteiger partial charge in [-0.3, -0.25) is 0 Å². The van der Waals surface area contributed by atoms with E-state index in [-0.39, 0.29) is 0 Å². The third kappa shape index (κ3) is 3.68. The highest BCUT2D eigenvalue weighted by Gasteiger charge is 2.18. The maximum Gasteiger partial charge on any atom is 0.0438 e. The second-order valence-electron chi connectivity index (χ2n) is 5.30. The highest BCUT2D eigenvalue weighted by Crippen LogP contribution is 2.27. The van der Waals surface area contributed by atoms with E-state index < -0.39 is 0 Å². The van der Waals surface area contributed by atoms with Crippen molar-refractivity contribution in [1.29, 1.82) is 0 Å². The van der Waals surface area contributed by atoms with Gasteiger partial charge in [0.25, 0.3) is 0 Å². The van der Waals surface area contributed by atoms with E-state index in [0.717, 1.165) is 12.5 Å². The number of nitrogens with one attached hydrogen (secondary N) is 1. The van der Waals surface area contributed by atoms with Gasteiger partial charge in [0, 0.05) is 10.9 Å². The van der Waals surface area contributed by atoms with Crippen LogP contribution in [-0.4, -0.2) is 6.54 Å². The molecule has 2 unspecified atom stereocenters. The monoisotopic (exact) mass is 249 g/mol. The zero-order chi connectivity index (χ0) is 12.1. The zero-order valence-corrected chi connectivity index (χ0v) is 11.7. The van der Waals surface area contributed by atoms with Crippen molar-refractivity contribution in [3.8, 4) is 0 Å². The Labute approximate surface area is 109 Å². The quantitative estimate of drug-likeness (QED) is 0.763. The number of hydrogen-bond acceptors (Lipinski definition) is 2. The lowest BCUT2D eigenvalue weighted by atomic mass is 9.93. The first-order valence-electron chi connectivity index (χ1n) is 6.69. The summed E-state index contributed by atoms with van der Waals surface area (Å²) in [4.78, 5) is 1.48. The summed E-state index contributed by atoms with van der Waals surface area (Å²) in [5.41, 5.74) is 0. The molecule has 2 heteroatoms. The summed E-state index contributed by atoms with van der Waals surface area (Å²) in [6.07, 6.45) is 8.51. The molecule has 0 aromatic carbocycles. The number of allylic oxidation sites excluding steroid dienone is 2. The maximum atomic E-state index is 3.77. The van der Waals surface area contributed by atoms with E-state index in [1.54, 1.807) is 0 Å². The summed E-state index contributed by atoms with van der Waals surface area (Å²) >= 11 is 1.87. The Bertz CT molecular complexity index is 340. The van der Waals surface area contributed by atoms with Crippen LogP contribution in [0.4, 0.5) is 0 Å². The Morgan fingerprint density at radius 2 is 2.29 bits per heavy atom. The molecule has 0 radical (unpaired) electrons. The van der Waals surface area contributed by atoms with Crippen LogP contribution in [0.1, 0.15) is 44.0 Å². The summed E-state index contributed by atoms with van der Waals surface area (Å²) < 4.78 is 0. The summed E-state index contributed by atoms with van der Waals surface area (Å²) in [6.45, 7) is 5.77. The van der Waals surface area contributed by atoms with E-state index in [2.05, 4.69) is 48.8 Å². The van der Waals surface area contributed by atoms with Crippen molar-refractivity contribution in [1.82, 2.24) is 5.32 Å². The van der Waals surface area contributed by atoms with Crippen molar-refractivity contribution in [2.75, 3.05) is 6.54 Å². The summed E-state index contributed by atoms with van der Waals surface area (Å²) in [5, 5.41) is 5.94. The fraction of sp³-hybridized carbons (Fsp3) is 0.600. The first-order valence-corrected chi connectivity index (χ1v) is 7.57. The molecule has 1 aromatic heterocycles. The van der Waals surface area contributed by atoms with Gasteiger partial charge in [-0.05, 0) is 49.1 Å². The van der Waals surface area contributed by atoms with Gasteiger partial charge in [0.1, 0.15) is 0 Å². The minimum atomic E-state index is 0.529. The average molecular weight is 249 g/mol. The van der Waals surface area contributed by atoms with E-state index in [4.69, 9.17) is 0 Å². The normalized spacial score (nSPS) is 21.9. The van der Waals surface area contributed by atoms with Crippen molar-refractivity contribution in [2.45, 2.75) is 39.2 Å². The lowest BCUT2D eigenvalue weighted by Crippen LogP contribution is -2.30. The molecule has 1 heterocycles. The highest BCUT2D eigenvalue weighted by molar-refractivity contribution is 7.10. The van der Waals surface area contributed by atoms with Crippen LogP contribution in [0.15, 0.2) is 29.7 Å². The topological polar surface area (TPSA) is 12.0 Å². The number of thiophene rings is 1. The molecule has 0 aliphatic heterocycles. The largest absolute Gasteiger partial charge is 0.309 e. The maximum absolute atomic E-state index is 3.77. The van der Waals surface area contributed by atoms with Gasteiger partial charge in [0.15, 0.2) is 0 Å². The van der Waals surface area contributed by atoms with Crippen LogP contribution >= 0.6 is 11.3 Å². The predicted octanol–water partition coefficient (Wildman–Crippen LogP) is 4.39. The van der Waals surface area contributed by atoms with Gasteiger partial charge in [0.2, 0.25) is 0 Å². The van der Waals surface area contributed by atoms with Crippen LogP contribution in [0.2, 0.25) is 0 Å². The van der Waals surface area contributed by atoms with E-state index in [9.17, 15) is 0 Å². The van der Waals surface area contributed by atoms with E-state index >= 15 is 0 Å². The molecule has 2 atom stereocenters. The van der Waals surface area contributed by atoms with Crippen LogP contribution in [0.3, 0.4) is 0 Å². The highest BCUT2D eigenvalue weighted by atomic mass is 32.1. The third-order valence-corrected chi connectivity index (χ3v) is 4.48. The van der Waals surface area contributed by atoms with Crippen LogP contribution in [-0.2, 0) is 0 Å². The molecule has 0 bridgehead atoms. The molecule has 0 amide bonds. The molecule has 1 aliphatic carbocycles. The molecule has 1 N–H and O–H groups in total. The van der Waals surface area contributed by atoms with Gasteiger partial charge in [-0.15, -0.1) is 11.3 Å². The Kier molecular flexibility index (Phi) is 4.81. The van der Waals surface area contributed by atoms with Gasteiger partial charge in [-0.1, -0.05) is 32.1 Å². The fourth-order valence-electron chi connectivity index (χ4n) is 2.47. The molecule has 2 rings (SSSR count). The van der Waals surface area contributed by atoms with Gasteiger partial charge < -0.3 is 5.32 Å². The Morgan fingerprint density at radius 3 is 2.88 bits per heavy atom. The standard InChI is InChI=1S/C15H23NS/c1-12(2)15(14-9-6-10-17-14)16-11-13-7-4-3-5-8-13/h3-4,6,9-10,12-13,15-16H,5,7-8,11H2,1-2H3. The molecule has 94 valence electrons. The van der Waals surface area contributed by atoms with Crippen molar-refractivity contribution in [2.24, 2.45) is 11.8 Å². The average Bonchev–Trinajstić information content (AvgIpc) is 2.84. The van der Waals surface area contributed by atoms with Gasteiger partial charge in [-0.2, -0.15) is 0 Å².